The van der Waals surface area contributed by atoms with Crippen molar-refractivity contribution in [3.05, 3.63) is 24.3 Å². The Morgan fingerprint density at radius 3 is 2.21 bits per heavy atom. The van der Waals surface area contributed by atoms with Crippen LogP contribution in [0.1, 0.15) is 51.4 Å². The largest absolute Gasteiger partial charge is 0.0885 e. The van der Waals surface area contributed by atoms with Gasteiger partial charge in [-0.15, -0.1) is 0 Å². The van der Waals surface area contributed by atoms with E-state index < -0.39 is 0 Å². The summed E-state index contributed by atoms with van der Waals surface area (Å²) in [5, 5.41) is 0. The summed E-state index contributed by atoms with van der Waals surface area (Å²) in [5.74, 6) is 1.97. The maximum absolute atomic E-state index is 2.43. The maximum atomic E-state index is 2.43. The zero-order valence-corrected chi connectivity index (χ0v) is 9.12. The highest BCUT2D eigenvalue weighted by Gasteiger charge is 2.20. The molecule has 0 saturated carbocycles. The lowest BCUT2D eigenvalue weighted by Crippen LogP contribution is -2.16. The molecule has 0 nitrogen and oxygen atoms in total. The molecule has 2 aliphatic carbocycles. The molecule has 0 saturated heterocycles. The van der Waals surface area contributed by atoms with Crippen LogP contribution in [-0.4, -0.2) is 0 Å². The fourth-order valence-corrected chi connectivity index (χ4v) is 2.85. The first-order chi connectivity index (χ1) is 6.97. The Bertz CT molecular complexity index is 212. The smallest absolute Gasteiger partial charge is 0.0319 e. The Morgan fingerprint density at radius 2 is 1.36 bits per heavy atom. The van der Waals surface area contributed by atoms with Crippen LogP contribution in [0.15, 0.2) is 24.3 Å². The van der Waals surface area contributed by atoms with Crippen LogP contribution in [0.2, 0.25) is 0 Å². The molecule has 0 radical (unpaired) electrons. The molecular formula is C14H22. The van der Waals surface area contributed by atoms with Crippen LogP contribution in [0, 0.1) is 11.8 Å². The van der Waals surface area contributed by atoms with Crippen molar-refractivity contribution in [1.29, 1.82) is 0 Å². The van der Waals surface area contributed by atoms with Crippen molar-refractivity contribution in [2.24, 2.45) is 11.8 Å². The van der Waals surface area contributed by atoms with E-state index in [0.717, 1.165) is 11.8 Å². The second kappa shape index (κ2) is 5.38. The van der Waals surface area contributed by atoms with E-state index >= 15 is 0 Å². The van der Waals surface area contributed by atoms with Gasteiger partial charge in [-0.2, -0.15) is 0 Å². The topological polar surface area (TPSA) is 0 Å². The van der Waals surface area contributed by atoms with Crippen LogP contribution in [0.4, 0.5) is 0 Å². The molecule has 0 aromatic carbocycles. The Morgan fingerprint density at radius 1 is 0.643 bits per heavy atom. The van der Waals surface area contributed by atoms with Crippen molar-refractivity contribution in [3.8, 4) is 0 Å². The number of allylic oxidation sites excluding steroid dienone is 4. The van der Waals surface area contributed by atoms with Gasteiger partial charge in [0.05, 0.1) is 0 Å². The minimum Gasteiger partial charge on any atom is -0.0885 e. The summed E-state index contributed by atoms with van der Waals surface area (Å²) in [6, 6.07) is 0. The zero-order chi connectivity index (χ0) is 9.64. The highest BCUT2D eigenvalue weighted by atomic mass is 14.3. The van der Waals surface area contributed by atoms with Gasteiger partial charge in [0.2, 0.25) is 0 Å². The van der Waals surface area contributed by atoms with E-state index in [0.29, 0.717) is 0 Å². The molecule has 0 aromatic rings. The Labute approximate surface area is 88.1 Å². The summed E-state index contributed by atoms with van der Waals surface area (Å²) < 4.78 is 0. The van der Waals surface area contributed by atoms with Crippen molar-refractivity contribution in [1.82, 2.24) is 0 Å². The molecule has 0 N–H and O–H groups in total. The van der Waals surface area contributed by atoms with E-state index in [1.165, 1.54) is 51.4 Å². The van der Waals surface area contributed by atoms with Gasteiger partial charge in [-0.05, 0) is 56.8 Å². The molecule has 0 aliphatic heterocycles. The summed E-state index contributed by atoms with van der Waals surface area (Å²) in [6.45, 7) is 0. The molecule has 0 heteroatoms. The second-order valence-corrected chi connectivity index (χ2v) is 4.80. The standard InChI is InChI=1S/C14H22/c1-2-5-9-13(10-6-3-1)14-11-7-4-8-12-14/h2,4-5,7,13-14H,1,3,6,8-12H2/b5-2-. The van der Waals surface area contributed by atoms with Crippen LogP contribution >= 0.6 is 0 Å². The SMILES string of the molecule is C1=CCC(C2C/C=C\CCCC2)CC1. The quantitative estimate of drug-likeness (QED) is 0.535. The minimum absolute atomic E-state index is 0.983. The van der Waals surface area contributed by atoms with Gasteiger partial charge in [0.15, 0.2) is 0 Å². The van der Waals surface area contributed by atoms with Crippen molar-refractivity contribution >= 4 is 0 Å². The minimum atomic E-state index is 0.983. The fourth-order valence-electron chi connectivity index (χ4n) is 2.85. The lowest BCUT2D eigenvalue weighted by molar-refractivity contribution is 0.283. The fraction of sp³-hybridized carbons (Fsp3) is 0.714. The Kier molecular flexibility index (Phi) is 3.85. The van der Waals surface area contributed by atoms with E-state index in [2.05, 4.69) is 24.3 Å². The second-order valence-electron chi connectivity index (χ2n) is 4.80. The molecule has 0 heterocycles. The third-order valence-electron chi connectivity index (χ3n) is 3.78. The average molecular weight is 190 g/mol. The average Bonchev–Trinajstić information content (AvgIpc) is 2.18. The van der Waals surface area contributed by atoms with Crippen LogP contribution in [0.25, 0.3) is 0 Å². The third kappa shape index (κ3) is 2.73. The van der Waals surface area contributed by atoms with E-state index in [1.54, 1.807) is 0 Å². The van der Waals surface area contributed by atoms with Gasteiger partial charge in [-0.1, -0.05) is 30.7 Å². The molecule has 0 aromatic heterocycles. The van der Waals surface area contributed by atoms with Crippen LogP contribution in [0.3, 0.4) is 0 Å². The molecular weight excluding hydrogens is 168 g/mol. The highest BCUT2D eigenvalue weighted by Crippen LogP contribution is 2.33. The number of rotatable bonds is 1. The summed E-state index contributed by atoms with van der Waals surface area (Å²) in [6.07, 6.45) is 20.7. The first-order valence-electron chi connectivity index (χ1n) is 6.27. The molecule has 0 fully saturated rings. The van der Waals surface area contributed by atoms with Crippen LogP contribution in [0.5, 0.6) is 0 Å². The highest BCUT2D eigenvalue weighted by molar-refractivity contribution is 4.95. The predicted molar refractivity (Wildman–Crippen MR) is 62.2 cm³/mol. The van der Waals surface area contributed by atoms with Gasteiger partial charge >= 0.3 is 0 Å². The molecule has 0 spiro atoms. The third-order valence-corrected chi connectivity index (χ3v) is 3.78. The van der Waals surface area contributed by atoms with Crippen molar-refractivity contribution < 1.29 is 0 Å². The Balaban J connectivity index is 1.90. The van der Waals surface area contributed by atoms with E-state index in [1.807, 2.05) is 0 Å². The van der Waals surface area contributed by atoms with E-state index in [-0.39, 0.29) is 0 Å². The van der Waals surface area contributed by atoms with Gasteiger partial charge in [-0.3, -0.25) is 0 Å². The van der Waals surface area contributed by atoms with Crippen LogP contribution < -0.4 is 0 Å². The molecule has 2 atom stereocenters. The van der Waals surface area contributed by atoms with E-state index in [4.69, 9.17) is 0 Å². The number of hydrogen-bond donors (Lipinski definition) is 0. The van der Waals surface area contributed by atoms with Gasteiger partial charge < -0.3 is 0 Å². The zero-order valence-electron chi connectivity index (χ0n) is 9.12. The first kappa shape index (κ1) is 10.0. The maximum Gasteiger partial charge on any atom is -0.0319 e. The van der Waals surface area contributed by atoms with Crippen molar-refractivity contribution in [2.45, 2.75) is 51.4 Å². The van der Waals surface area contributed by atoms with Crippen molar-refractivity contribution in [2.75, 3.05) is 0 Å². The van der Waals surface area contributed by atoms with Crippen molar-refractivity contribution in [3.63, 3.8) is 0 Å². The molecule has 2 rings (SSSR count). The molecule has 78 valence electrons. The molecule has 14 heavy (non-hydrogen) atoms. The van der Waals surface area contributed by atoms with Gasteiger partial charge in [-0.25, -0.2) is 0 Å². The monoisotopic (exact) mass is 190 g/mol. The lowest BCUT2D eigenvalue weighted by atomic mass is 9.78. The molecule has 0 amide bonds. The summed E-state index contributed by atoms with van der Waals surface area (Å²) >= 11 is 0. The predicted octanol–water partition coefficient (Wildman–Crippen LogP) is 4.48. The summed E-state index contributed by atoms with van der Waals surface area (Å²) in [5.41, 5.74) is 0. The van der Waals surface area contributed by atoms with Gasteiger partial charge in [0.1, 0.15) is 0 Å². The summed E-state index contributed by atoms with van der Waals surface area (Å²) in [4.78, 5) is 0. The first-order valence-corrected chi connectivity index (χ1v) is 6.27. The van der Waals surface area contributed by atoms with E-state index in [9.17, 15) is 0 Å². The number of hydrogen-bond acceptors (Lipinski definition) is 0. The van der Waals surface area contributed by atoms with Gasteiger partial charge in [0.25, 0.3) is 0 Å². The lowest BCUT2D eigenvalue weighted by Gasteiger charge is -2.28. The summed E-state index contributed by atoms with van der Waals surface area (Å²) in [7, 11) is 0. The molecule has 2 aliphatic rings. The molecule has 0 bridgehead atoms. The normalized spacial score (nSPS) is 36.0. The molecule has 2 unspecified atom stereocenters. The van der Waals surface area contributed by atoms with Crippen LogP contribution in [-0.2, 0) is 0 Å². The Hall–Kier alpha value is -0.520. The van der Waals surface area contributed by atoms with Gasteiger partial charge in [0, 0.05) is 0 Å².